The van der Waals surface area contributed by atoms with Crippen LogP contribution in [0.25, 0.3) is 0 Å². The molecule has 104 valence electrons. The Morgan fingerprint density at radius 3 is 2.42 bits per heavy atom. The summed E-state index contributed by atoms with van der Waals surface area (Å²) in [5, 5.41) is 0. The van der Waals surface area contributed by atoms with E-state index in [0.29, 0.717) is 24.3 Å². The standard InChI is InChI=1S/C14H19NO3S/c1-11(2)14-10-12(16)8-9-15(14)19(17,18)13-6-4-3-5-7-13/h3-7,11,14H,8-10H2,1-2H3. The van der Waals surface area contributed by atoms with E-state index < -0.39 is 10.0 Å². The largest absolute Gasteiger partial charge is 0.300 e. The lowest BCUT2D eigenvalue weighted by Gasteiger charge is -2.36. The second kappa shape index (κ2) is 5.43. The molecule has 0 saturated carbocycles. The third-order valence-corrected chi connectivity index (χ3v) is 5.48. The predicted molar refractivity (Wildman–Crippen MR) is 73.2 cm³/mol. The van der Waals surface area contributed by atoms with Crippen molar-refractivity contribution in [2.75, 3.05) is 6.54 Å². The van der Waals surface area contributed by atoms with Crippen LogP contribution in [0.2, 0.25) is 0 Å². The molecular formula is C14H19NO3S. The zero-order chi connectivity index (χ0) is 14.0. The summed E-state index contributed by atoms with van der Waals surface area (Å²) in [5.41, 5.74) is 0. The second-order valence-electron chi connectivity index (χ2n) is 5.23. The molecule has 1 atom stereocenters. The van der Waals surface area contributed by atoms with Gasteiger partial charge in [-0.25, -0.2) is 8.42 Å². The molecule has 1 aromatic carbocycles. The maximum atomic E-state index is 12.6. The van der Waals surface area contributed by atoms with E-state index in [1.165, 1.54) is 4.31 Å². The Morgan fingerprint density at radius 2 is 1.84 bits per heavy atom. The van der Waals surface area contributed by atoms with Crippen LogP contribution >= 0.6 is 0 Å². The van der Waals surface area contributed by atoms with Crippen LogP contribution in [-0.2, 0) is 14.8 Å². The monoisotopic (exact) mass is 281 g/mol. The van der Waals surface area contributed by atoms with Gasteiger partial charge in [-0.05, 0) is 18.1 Å². The molecule has 1 aliphatic rings. The highest BCUT2D eigenvalue weighted by atomic mass is 32.2. The van der Waals surface area contributed by atoms with Crippen molar-refractivity contribution in [3.05, 3.63) is 30.3 Å². The lowest BCUT2D eigenvalue weighted by atomic mass is 9.94. The molecule has 0 amide bonds. The Hall–Kier alpha value is -1.20. The molecule has 1 unspecified atom stereocenters. The number of piperidine rings is 1. The molecule has 0 radical (unpaired) electrons. The van der Waals surface area contributed by atoms with E-state index in [-0.39, 0.29) is 17.7 Å². The topological polar surface area (TPSA) is 54.5 Å². The van der Waals surface area contributed by atoms with Crippen molar-refractivity contribution in [2.24, 2.45) is 5.92 Å². The van der Waals surface area contributed by atoms with Gasteiger partial charge in [-0.1, -0.05) is 32.0 Å². The van der Waals surface area contributed by atoms with Crippen molar-refractivity contribution in [2.45, 2.75) is 37.6 Å². The molecule has 1 aliphatic heterocycles. The van der Waals surface area contributed by atoms with Crippen molar-refractivity contribution in [1.82, 2.24) is 4.31 Å². The molecule has 0 N–H and O–H groups in total. The van der Waals surface area contributed by atoms with Crippen LogP contribution in [0, 0.1) is 5.92 Å². The molecule has 1 saturated heterocycles. The van der Waals surface area contributed by atoms with E-state index in [0.717, 1.165) is 0 Å². The highest BCUT2D eigenvalue weighted by Gasteiger charge is 2.37. The van der Waals surface area contributed by atoms with Gasteiger partial charge in [0.05, 0.1) is 4.90 Å². The van der Waals surface area contributed by atoms with Crippen molar-refractivity contribution < 1.29 is 13.2 Å². The Kier molecular flexibility index (Phi) is 4.06. The number of benzene rings is 1. The first-order valence-corrected chi connectivity index (χ1v) is 7.95. The first kappa shape index (κ1) is 14.2. The van der Waals surface area contributed by atoms with Crippen molar-refractivity contribution in [1.29, 1.82) is 0 Å². The Labute approximate surface area is 114 Å². The molecule has 1 heterocycles. The summed E-state index contributed by atoms with van der Waals surface area (Å²) in [6, 6.07) is 8.19. The minimum atomic E-state index is -3.50. The van der Waals surface area contributed by atoms with E-state index >= 15 is 0 Å². The molecule has 1 aromatic rings. The second-order valence-corrected chi connectivity index (χ2v) is 7.12. The maximum absolute atomic E-state index is 12.6. The van der Waals surface area contributed by atoms with Gasteiger partial charge in [0.2, 0.25) is 10.0 Å². The SMILES string of the molecule is CC(C)C1CC(=O)CCN1S(=O)(=O)c1ccccc1. The van der Waals surface area contributed by atoms with Crippen LogP contribution in [0.3, 0.4) is 0 Å². The van der Waals surface area contributed by atoms with Crippen LogP contribution in [0.15, 0.2) is 35.2 Å². The summed E-state index contributed by atoms with van der Waals surface area (Å²) in [6.45, 7) is 4.20. The number of nitrogens with zero attached hydrogens (tertiary/aromatic N) is 1. The average molecular weight is 281 g/mol. The number of Topliss-reactive ketones (excluding diaryl/α,β-unsaturated/α-hetero) is 1. The Morgan fingerprint density at radius 1 is 1.21 bits per heavy atom. The average Bonchev–Trinajstić information content (AvgIpc) is 2.39. The molecule has 1 fully saturated rings. The van der Waals surface area contributed by atoms with Crippen LogP contribution in [0.5, 0.6) is 0 Å². The fourth-order valence-electron chi connectivity index (χ4n) is 2.43. The lowest BCUT2D eigenvalue weighted by molar-refractivity contribution is -0.122. The van der Waals surface area contributed by atoms with Gasteiger partial charge < -0.3 is 0 Å². The summed E-state index contributed by atoms with van der Waals surface area (Å²) >= 11 is 0. The Bertz CT molecular complexity index is 551. The highest BCUT2D eigenvalue weighted by molar-refractivity contribution is 7.89. The molecular weight excluding hydrogens is 262 g/mol. The number of carbonyl (C=O) groups excluding carboxylic acids is 1. The van der Waals surface area contributed by atoms with Gasteiger partial charge in [-0.2, -0.15) is 4.31 Å². The van der Waals surface area contributed by atoms with Crippen LogP contribution in [0.4, 0.5) is 0 Å². The van der Waals surface area contributed by atoms with Crippen molar-refractivity contribution >= 4 is 15.8 Å². The summed E-state index contributed by atoms with van der Waals surface area (Å²) in [7, 11) is -3.50. The maximum Gasteiger partial charge on any atom is 0.243 e. The smallest absolute Gasteiger partial charge is 0.243 e. The van der Waals surface area contributed by atoms with E-state index in [9.17, 15) is 13.2 Å². The fourth-order valence-corrected chi connectivity index (χ4v) is 4.21. The molecule has 0 aliphatic carbocycles. The number of ketones is 1. The van der Waals surface area contributed by atoms with E-state index in [4.69, 9.17) is 0 Å². The van der Waals surface area contributed by atoms with E-state index in [2.05, 4.69) is 0 Å². The van der Waals surface area contributed by atoms with Gasteiger partial charge in [0.15, 0.2) is 0 Å². The van der Waals surface area contributed by atoms with E-state index in [1.807, 2.05) is 13.8 Å². The summed E-state index contributed by atoms with van der Waals surface area (Å²) in [5.74, 6) is 0.279. The quantitative estimate of drug-likeness (QED) is 0.852. The van der Waals surface area contributed by atoms with Crippen LogP contribution in [-0.4, -0.2) is 31.1 Å². The lowest BCUT2D eigenvalue weighted by Crippen LogP contribution is -2.48. The van der Waals surface area contributed by atoms with Gasteiger partial charge in [0.25, 0.3) is 0 Å². The minimum Gasteiger partial charge on any atom is -0.300 e. The van der Waals surface area contributed by atoms with Crippen LogP contribution in [0.1, 0.15) is 26.7 Å². The van der Waals surface area contributed by atoms with Crippen molar-refractivity contribution in [3.8, 4) is 0 Å². The van der Waals surface area contributed by atoms with Gasteiger partial charge in [0.1, 0.15) is 5.78 Å². The molecule has 0 aromatic heterocycles. The van der Waals surface area contributed by atoms with Crippen molar-refractivity contribution in [3.63, 3.8) is 0 Å². The minimum absolute atomic E-state index is 0.128. The first-order chi connectivity index (χ1) is 8.93. The first-order valence-electron chi connectivity index (χ1n) is 6.51. The number of hydrogen-bond donors (Lipinski definition) is 0. The third-order valence-electron chi connectivity index (χ3n) is 3.54. The normalized spacial score (nSPS) is 21.8. The predicted octanol–water partition coefficient (Wildman–Crippen LogP) is 2.06. The van der Waals surface area contributed by atoms with Gasteiger partial charge in [0, 0.05) is 25.4 Å². The fraction of sp³-hybridized carbons (Fsp3) is 0.500. The highest BCUT2D eigenvalue weighted by Crippen LogP contribution is 2.27. The molecule has 0 bridgehead atoms. The Balaban J connectivity index is 2.36. The molecule has 4 nitrogen and oxygen atoms in total. The molecule has 19 heavy (non-hydrogen) atoms. The molecule has 5 heteroatoms. The summed E-state index contributed by atoms with van der Waals surface area (Å²) in [6.07, 6.45) is 0.638. The zero-order valence-corrected chi connectivity index (χ0v) is 12.1. The molecule has 2 rings (SSSR count). The summed E-state index contributed by atoms with van der Waals surface area (Å²) in [4.78, 5) is 11.9. The van der Waals surface area contributed by atoms with Gasteiger partial charge in [-0.3, -0.25) is 4.79 Å². The number of sulfonamides is 1. The third kappa shape index (κ3) is 2.87. The van der Waals surface area contributed by atoms with Crippen LogP contribution < -0.4 is 0 Å². The number of hydrogen-bond acceptors (Lipinski definition) is 3. The number of rotatable bonds is 3. The zero-order valence-electron chi connectivity index (χ0n) is 11.2. The summed E-state index contributed by atoms with van der Waals surface area (Å²) < 4.78 is 26.7. The number of carbonyl (C=O) groups is 1. The molecule has 0 spiro atoms. The van der Waals surface area contributed by atoms with Gasteiger partial charge in [-0.15, -0.1) is 0 Å². The van der Waals surface area contributed by atoms with Gasteiger partial charge >= 0.3 is 0 Å². The van der Waals surface area contributed by atoms with E-state index in [1.54, 1.807) is 30.3 Å².